The number of phenols is 1. The van der Waals surface area contributed by atoms with Gasteiger partial charge in [0.25, 0.3) is 0 Å². The Bertz CT molecular complexity index is 3200. The number of aromatic nitrogens is 2. The van der Waals surface area contributed by atoms with Gasteiger partial charge in [0, 0.05) is 42.9 Å². The Hall–Kier alpha value is -8.83. The zero-order valence-corrected chi connectivity index (χ0v) is 39.6. The summed E-state index contributed by atoms with van der Waals surface area (Å²) in [4.78, 5) is 0. The van der Waals surface area contributed by atoms with Crippen LogP contribution in [0.5, 0.6) is 28.7 Å². The minimum atomic E-state index is 0.153. The number of aryl methyl sites for hydroxylation is 1. The monoisotopic (exact) mass is 936 g/mol. The molecular formula is C60H52N6O5. The highest BCUT2D eigenvalue weighted by molar-refractivity contribution is 5.62. The van der Waals surface area contributed by atoms with Crippen LogP contribution in [0.3, 0.4) is 0 Å². The van der Waals surface area contributed by atoms with Gasteiger partial charge in [0.05, 0.1) is 24.2 Å². The number of nitrogens with zero attached hydrogens (tertiary/aromatic N) is 5. The molecule has 0 aliphatic heterocycles. The maximum absolute atomic E-state index is 12.5. The van der Waals surface area contributed by atoms with Crippen LogP contribution in [0.1, 0.15) is 66.9 Å². The van der Waals surface area contributed by atoms with Gasteiger partial charge in [-0.25, -0.2) is 0 Å². The maximum Gasteiger partial charge on any atom is 0.223 e. The van der Waals surface area contributed by atoms with Crippen molar-refractivity contribution in [3.63, 3.8) is 0 Å². The van der Waals surface area contributed by atoms with Crippen LogP contribution in [0.4, 0.5) is 22.9 Å². The molecule has 0 spiro atoms. The summed E-state index contributed by atoms with van der Waals surface area (Å²) in [7, 11) is 1.61. The number of fused-ring (bicyclic) bond motifs is 8. The fourth-order valence-corrected chi connectivity index (χ4v) is 8.87. The van der Waals surface area contributed by atoms with Crippen molar-refractivity contribution >= 4 is 22.9 Å². The van der Waals surface area contributed by atoms with Gasteiger partial charge in [-0.1, -0.05) is 152 Å². The first-order valence-electron chi connectivity index (χ1n) is 23.6. The smallest absolute Gasteiger partial charge is 0.223 e. The molecule has 2 N–H and O–H groups in total. The molecule has 352 valence electrons. The van der Waals surface area contributed by atoms with Gasteiger partial charge in [0.15, 0.2) is 5.69 Å². The van der Waals surface area contributed by atoms with E-state index in [4.69, 9.17) is 24.1 Å². The number of benzene rings is 8. The van der Waals surface area contributed by atoms with E-state index in [0.29, 0.717) is 85.1 Å². The van der Waals surface area contributed by atoms with Crippen molar-refractivity contribution in [2.45, 2.75) is 52.4 Å². The first-order chi connectivity index (χ1) is 34.9. The predicted octanol–water partition coefficient (Wildman–Crippen LogP) is 14.7. The maximum atomic E-state index is 12.5. The van der Waals surface area contributed by atoms with E-state index in [-0.39, 0.29) is 11.6 Å². The second-order valence-corrected chi connectivity index (χ2v) is 17.5. The van der Waals surface area contributed by atoms with Crippen LogP contribution < -0.4 is 18.9 Å². The molecule has 10 rings (SSSR count). The summed E-state index contributed by atoms with van der Waals surface area (Å²) < 4.78 is 26.0. The summed E-state index contributed by atoms with van der Waals surface area (Å²) in [5.74, 6) is 3.41. The first kappa shape index (κ1) is 45.9. The summed E-state index contributed by atoms with van der Waals surface area (Å²) in [5, 5.41) is 38.2. The van der Waals surface area contributed by atoms with Crippen LogP contribution in [0.25, 0.3) is 0 Å². The number of ether oxygens (including phenoxy) is 4. The summed E-state index contributed by atoms with van der Waals surface area (Å²) in [6, 6.07) is 60.5. The van der Waals surface area contributed by atoms with Gasteiger partial charge in [-0.3, -0.25) is 5.10 Å². The van der Waals surface area contributed by atoms with E-state index in [1.165, 1.54) is 0 Å². The first-order valence-corrected chi connectivity index (χ1v) is 23.6. The van der Waals surface area contributed by atoms with Crippen molar-refractivity contribution in [3.8, 4) is 28.7 Å². The molecule has 11 heteroatoms. The van der Waals surface area contributed by atoms with Crippen molar-refractivity contribution in [2.24, 2.45) is 20.5 Å². The van der Waals surface area contributed by atoms with E-state index in [1.54, 1.807) is 13.2 Å². The molecule has 0 amide bonds. The molecule has 1 heterocycles. The van der Waals surface area contributed by atoms with Gasteiger partial charge in [-0.15, -0.1) is 15.3 Å². The van der Waals surface area contributed by atoms with E-state index in [9.17, 15) is 5.11 Å². The summed E-state index contributed by atoms with van der Waals surface area (Å²) in [6.07, 6.45) is 1.71. The quantitative estimate of drug-likeness (QED) is 0.104. The van der Waals surface area contributed by atoms with Gasteiger partial charge < -0.3 is 24.1 Å². The highest BCUT2D eigenvalue weighted by Gasteiger charge is 2.22. The summed E-state index contributed by atoms with van der Waals surface area (Å²) >= 11 is 0. The zero-order chi connectivity index (χ0) is 48.4. The van der Waals surface area contributed by atoms with Gasteiger partial charge in [0.2, 0.25) is 5.82 Å². The van der Waals surface area contributed by atoms with Crippen LogP contribution in [-0.4, -0.2) is 22.4 Å². The number of para-hydroxylation sites is 3. The minimum absolute atomic E-state index is 0.153. The molecule has 1 aromatic heterocycles. The van der Waals surface area contributed by atoms with Crippen molar-refractivity contribution in [2.75, 3.05) is 7.11 Å². The second kappa shape index (κ2) is 21.6. The molecule has 0 atom stereocenters. The number of rotatable bonds is 14. The number of phenolic OH excluding ortho intramolecular Hbond substituents is 1. The van der Waals surface area contributed by atoms with Gasteiger partial charge >= 0.3 is 0 Å². The fraction of sp³-hybridized carbons (Fsp3) is 0.150. The Labute approximate surface area is 413 Å². The second-order valence-electron chi connectivity index (χ2n) is 17.5. The SMILES string of the molecule is COc1cccc(N=Nc2c(N=Nc3cc4c(O)c(c3)Cc3cccc(c3OCc3ccccc3)Cc3cccc(c3OCc3ccccc3)Cc3cccc(c3OCc3ccccc3)C4)n[nH]c2C)c1. The number of aromatic hydroxyl groups is 1. The molecular weight excluding hydrogens is 885 g/mol. The normalized spacial score (nSPS) is 12.3. The Morgan fingerprint density at radius 2 is 0.859 bits per heavy atom. The molecule has 0 saturated heterocycles. The molecule has 71 heavy (non-hydrogen) atoms. The number of H-pyrrole nitrogens is 1. The van der Waals surface area contributed by atoms with E-state index in [1.807, 2.05) is 91.9 Å². The molecule has 8 aromatic carbocycles. The van der Waals surface area contributed by atoms with Crippen LogP contribution in [0.15, 0.2) is 202 Å². The van der Waals surface area contributed by atoms with Crippen molar-refractivity contribution < 1.29 is 24.1 Å². The third kappa shape index (κ3) is 11.1. The van der Waals surface area contributed by atoms with Crippen LogP contribution in [0, 0.1) is 6.92 Å². The standard InChI is InChI=1S/C60H52N6O5/c1-40-55(64-62-52-28-15-29-54(36-52)68-2)60(65-61-40)66-63-53-34-50-32-48-26-13-24-46(58(48)70-38-42-18-8-4-9-19-42)30-44-22-12-23-45(57(44)69-37-41-16-6-3-7-17-41)31-47-25-14-27-49(33-51(35-53)56(50)67)59(47)71-39-43-20-10-5-11-21-43/h3-29,34-36,67H,30-33,37-39H2,1-2H3,(H,61,65). The van der Waals surface area contributed by atoms with E-state index in [0.717, 1.165) is 67.3 Å². The predicted molar refractivity (Wildman–Crippen MR) is 276 cm³/mol. The zero-order valence-electron chi connectivity index (χ0n) is 39.6. The Kier molecular flexibility index (Phi) is 14.0. The lowest BCUT2D eigenvalue weighted by Crippen LogP contribution is -2.08. The van der Waals surface area contributed by atoms with Crippen LogP contribution in [-0.2, 0) is 45.5 Å². The molecule has 0 radical (unpaired) electrons. The van der Waals surface area contributed by atoms with Gasteiger partial charge in [0.1, 0.15) is 48.6 Å². The van der Waals surface area contributed by atoms with E-state index < -0.39 is 0 Å². The lowest BCUT2D eigenvalue weighted by atomic mass is 9.91. The lowest BCUT2D eigenvalue weighted by Gasteiger charge is -2.22. The molecule has 1 aliphatic carbocycles. The van der Waals surface area contributed by atoms with Crippen molar-refractivity contribution in [1.82, 2.24) is 10.2 Å². The van der Waals surface area contributed by atoms with Crippen LogP contribution >= 0.6 is 0 Å². The summed E-state index contributed by atoms with van der Waals surface area (Å²) in [6.45, 7) is 2.97. The Morgan fingerprint density at radius 1 is 0.451 bits per heavy atom. The van der Waals surface area contributed by atoms with Gasteiger partial charge in [-0.2, -0.15) is 10.2 Å². The van der Waals surface area contributed by atoms with Crippen molar-refractivity contribution in [3.05, 3.63) is 249 Å². The summed E-state index contributed by atoms with van der Waals surface area (Å²) in [5.41, 5.74) is 12.6. The minimum Gasteiger partial charge on any atom is -0.507 e. The average Bonchev–Trinajstić information content (AvgIpc) is 3.76. The molecule has 0 saturated carbocycles. The van der Waals surface area contributed by atoms with Crippen molar-refractivity contribution in [1.29, 1.82) is 0 Å². The van der Waals surface area contributed by atoms with Gasteiger partial charge in [-0.05, 0) is 81.3 Å². The molecule has 8 bridgehead atoms. The van der Waals surface area contributed by atoms with E-state index in [2.05, 4.69) is 117 Å². The number of nitrogens with one attached hydrogen (secondary N) is 1. The highest BCUT2D eigenvalue weighted by atomic mass is 16.5. The molecule has 9 aromatic rings. The topological polar surface area (TPSA) is 135 Å². The largest absolute Gasteiger partial charge is 0.507 e. The number of hydrogen-bond donors (Lipinski definition) is 2. The Balaban J connectivity index is 1.10. The number of methoxy groups -OCH3 is 1. The third-order valence-electron chi connectivity index (χ3n) is 12.5. The number of aromatic amines is 1. The molecule has 0 fully saturated rings. The highest BCUT2D eigenvalue weighted by Crippen LogP contribution is 2.41. The van der Waals surface area contributed by atoms with E-state index >= 15 is 0 Å². The number of azo groups is 2. The fourth-order valence-electron chi connectivity index (χ4n) is 8.87. The number of hydrogen-bond acceptors (Lipinski definition) is 10. The third-order valence-corrected chi connectivity index (χ3v) is 12.5. The molecule has 0 unspecified atom stereocenters. The molecule has 1 aliphatic rings. The lowest BCUT2D eigenvalue weighted by molar-refractivity contribution is 0.295. The molecule has 11 nitrogen and oxygen atoms in total. The Morgan fingerprint density at radius 3 is 1.30 bits per heavy atom. The van der Waals surface area contributed by atoms with Crippen LogP contribution in [0.2, 0.25) is 0 Å². The average molecular weight is 937 g/mol.